The van der Waals surface area contributed by atoms with Crippen molar-refractivity contribution >= 4 is 10.0 Å². The topological polar surface area (TPSA) is 70.5 Å². The Morgan fingerprint density at radius 1 is 0.933 bits per heavy atom. The molecule has 158 valence electrons. The van der Waals surface area contributed by atoms with E-state index in [2.05, 4.69) is 4.98 Å². The summed E-state index contributed by atoms with van der Waals surface area (Å²) in [6.07, 6.45) is 0.835. The third-order valence-corrected chi connectivity index (χ3v) is 6.90. The van der Waals surface area contributed by atoms with Crippen LogP contribution in [0.2, 0.25) is 0 Å². The number of hydrogen-bond donors (Lipinski definition) is 1. The van der Waals surface area contributed by atoms with Crippen molar-refractivity contribution in [1.82, 2.24) is 9.29 Å². The highest BCUT2D eigenvalue weighted by atomic mass is 32.2. The predicted molar refractivity (Wildman–Crippen MR) is 118 cm³/mol. The van der Waals surface area contributed by atoms with Crippen LogP contribution in [0, 0.1) is 13.8 Å². The fraction of sp³-hybridized carbons (Fsp3) is 0.292. The lowest BCUT2D eigenvalue weighted by atomic mass is 10.0. The summed E-state index contributed by atoms with van der Waals surface area (Å²) in [4.78, 5) is 4.68. The Hall–Kier alpha value is -2.54. The summed E-state index contributed by atoms with van der Waals surface area (Å²) in [6.45, 7) is 8.47. The highest BCUT2D eigenvalue weighted by Gasteiger charge is 2.31. The van der Waals surface area contributed by atoms with Gasteiger partial charge in [0.15, 0.2) is 0 Å². The van der Waals surface area contributed by atoms with Crippen molar-refractivity contribution in [3.63, 3.8) is 0 Å². The van der Waals surface area contributed by atoms with Crippen LogP contribution in [0.15, 0.2) is 65.7 Å². The van der Waals surface area contributed by atoms with Crippen LogP contribution < -0.4 is 0 Å². The van der Waals surface area contributed by atoms with Crippen molar-refractivity contribution in [3.05, 3.63) is 94.3 Å². The van der Waals surface area contributed by atoms with Crippen molar-refractivity contribution in [1.29, 1.82) is 0 Å². The van der Waals surface area contributed by atoms with Gasteiger partial charge in [0.2, 0.25) is 10.0 Å². The van der Waals surface area contributed by atoms with Crippen molar-refractivity contribution in [3.8, 4) is 0 Å². The first-order valence-electron chi connectivity index (χ1n) is 10.1. The third-order valence-electron chi connectivity index (χ3n) is 5.09. The quantitative estimate of drug-likeness (QED) is 0.669. The van der Waals surface area contributed by atoms with E-state index >= 15 is 0 Å². The summed E-state index contributed by atoms with van der Waals surface area (Å²) in [5, 5.41) is 10.7. The number of aliphatic hydroxyl groups is 1. The molecule has 6 heteroatoms. The molecule has 0 saturated carbocycles. The van der Waals surface area contributed by atoms with E-state index in [1.54, 1.807) is 30.5 Å². The first-order chi connectivity index (χ1) is 14.3. The zero-order valence-electron chi connectivity index (χ0n) is 17.8. The van der Waals surface area contributed by atoms with Crippen LogP contribution in [0.1, 0.15) is 53.5 Å². The summed E-state index contributed by atoms with van der Waals surface area (Å²) in [5.74, 6) is 0. The second-order valence-corrected chi connectivity index (χ2v) is 9.22. The number of aromatic nitrogens is 1. The molecule has 2 aromatic carbocycles. The summed E-state index contributed by atoms with van der Waals surface area (Å²) < 4.78 is 27.3. The average Bonchev–Trinajstić information content (AvgIpc) is 3.19. The molecule has 0 aliphatic carbocycles. The van der Waals surface area contributed by atoms with Gasteiger partial charge in [-0.15, -0.1) is 0 Å². The molecule has 3 aromatic rings. The van der Waals surface area contributed by atoms with Gasteiger partial charge in [0.1, 0.15) is 6.10 Å². The molecule has 0 spiro atoms. The number of hydrogen-bond acceptors (Lipinski definition) is 4. The first-order valence-corrected chi connectivity index (χ1v) is 11.6. The zero-order chi connectivity index (χ0) is 21.9. The van der Waals surface area contributed by atoms with Crippen LogP contribution in [0.3, 0.4) is 0 Å². The van der Waals surface area contributed by atoms with Crippen LogP contribution in [0.4, 0.5) is 0 Å². The second kappa shape index (κ2) is 9.08. The molecule has 5 nitrogen and oxygen atoms in total. The maximum absolute atomic E-state index is 12.9. The largest absolute Gasteiger partial charge is 0.382 e. The third kappa shape index (κ3) is 4.46. The molecule has 1 atom stereocenters. The molecule has 1 unspecified atom stereocenters. The van der Waals surface area contributed by atoms with Crippen molar-refractivity contribution in [2.45, 2.75) is 51.8 Å². The lowest BCUT2D eigenvalue weighted by molar-refractivity contribution is 0.215. The Balaban J connectivity index is 0.00000124. The predicted octanol–water partition coefficient (Wildman–Crippen LogP) is 4.51. The number of aryl methyl sites for hydroxylation is 2. The molecule has 1 aromatic heterocycles. The van der Waals surface area contributed by atoms with E-state index in [0.717, 1.165) is 27.8 Å². The Bertz CT molecular complexity index is 1130. The van der Waals surface area contributed by atoms with E-state index in [-0.39, 0.29) is 6.54 Å². The summed E-state index contributed by atoms with van der Waals surface area (Å²) in [6, 6.07) is 16.3. The Kier molecular flexibility index (Phi) is 6.71. The summed E-state index contributed by atoms with van der Waals surface area (Å²) in [7, 11) is -3.57. The number of fused-ring (bicyclic) bond motifs is 1. The molecule has 0 fully saturated rings. The zero-order valence-corrected chi connectivity index (χ0v) is 18.6. The van der Waals surface area contributed by atoms with Crippen LogP contribution >= 0.6 is 0 Å². The Morgan fingerprint density at radius 2 is 1.60 bits per heavy atom. The number of rotatable bonds is 4. The molecule has 0 saturated heterocycles. The van der Waals surface area contributed by atoms with Crippen LogP contribution in [0.5, 0.6) is 0 Å². The minimum absolute atomic E-state index is 0.279. The standard InChI is InChI=1S/C22H22N2O3S.C2H6/c1-15-6-8-20(9-7-15)28(26,27)24-13-18-11-21(23-12-19(18)14-24)22(25)17-5-3-4-16(2)10-17;1-2/h3-12,22,25H,13-14H2,1-2H3;1-2H3. The van der Waals surface area contributed by atoms with E-state index in [9.17, 15) is 13.5 Å². The molecule has 0 amide bonds. The van der Waals surface area contributed by atoms with Crippen molar-refractivity contribution in [2.24, 2.45) is 0 Å². The van der Waals surface area contributed by atoms with E-state index in [1.807, 2.05) is 58.0 Å². The van der Waals surface area contributed by atoms with Gasteiger partial charge in [0.25, 0.3) is 0 Å². The molecule has 4 rings (SSSR count). The lowest BCUT2D eigenvalue weighted by Gasteiger charge is -2.15. The molecule has 0 bridgehead atoms. The minimum Gasteiger partial charge on any atom is -0.382 e. The van der Waals surface area contributed by atoms with Gasteiger partial charge in [0, 0.05) is 19.3 Å². The maximum Gasteiger partial charge on any atom is 0.243 e. The van der Waals surface area contributed by atoms with Gasteiger partial charge in [-0.25, -0.2) is 8.42 Å². The Labute approximate surface area is 179 Å². The molecule has 0 radical (unpaired) electrons. The van der Waals surface area contributed by atoms with Gasteiger partial charge in [-0.2, -0.15) is 4.31 Å². The number of benzene rings is 2. The normalized spacial score (nSPS) is 14.6. The lowest BCUT2D eigenvalue weighted by Crippen LogP contribution is -2.25. The highest BCUT2D eigenvalue weighted by molar-refractivity contribution is 7.89. The van der Waals surface area contributed by atoms with E-state index in [4.69, 9.17) is 0 Å². The van der Waals surface area contributed by atoms with Gasteiger partial charge < -0.3 is 5.11 Å². The van der Waals surface area contributed by atoms with Gasteiger partial charge in [-0.1, -0.05) is 61.4 Å². The molecular formula is C24H28N2O3S. The monoisotopic (exact) mass is 424 g/mol. The van der Waals surface area contributed by atoms with Gasteiger partial charge in [-0.05, 0) is 48.7 Å². The van der Waals surface area contributed by atoms with E-state index in [1.165, 1.54) is 4.31 Å². The van der Waals surface area contributed by atoms with Crippen molar-refractivity contribution < 1.29 is 13.5 Å². The first kappa shape index (κ1) is 22.2. The van der Waals surface area contributed by atoms with Gasteiger partial charge in [-0.3, -0.25) is 4.98 Å². The fourth-order valence-corrected chi connectivity index (χ4v) is 4.86. The van der Waals surface area contributed by atoms with Crippen LogP contribution in [0.25, 0.3) is 0 Å². The number of sulfonamides is 1. The molecule has 1 aliphatic heterocycles. The van der Waals surface area contributed by atoms with Gasteiger partial charge >= 0.3 is 0 Å². The minimum atomic E-state index is -3.57. The molecular weight excluding hydrogens is 396 g/mol. The molecule has 2 heterocycles. The van der Waals surface area contributed by atoms with Crippen LogP contribution in [-0.2, 0) is 23.1 Å². The highest BCUT2D eigenvalue weighted by Crippen LogP contribution is 2.31. The molecule has 30 heavy (non-hydrogen) atoms. The second-order valence-electron chi connectivity index (χ2n) is 7.28. The van der Waals surface area contributed by atoms with Gasteiger partial charge in [0.05, 0.1) is 10.6 Å². The number of nitrogens with zero attached hydrogens (tertiary/aromatic N) is 2. The number of aliphatic hydroxyl groups excluding tert-OH is 1. The van der Waals surface area contributed by atoms with Crippen molar-refractivity contribution in [2.75, 3.05) is 0 Å². The fourth-order valence-electron chi connectivity index (χ4n) is 3.46. The van der Waals surface area contributed by atoms with E-state index in [0.29, 0.717) is 17.1 Å². The average molecular weight is 425 g/mol. The SMILES string of the molecule is CC.Cc1ccc(S(=O)(=O)N2Cc3cnc(C(O)c4cccc(C)c4)cc3C2)cc1. The maximum atomic E-state index is 12.9. The molecule has 1 N–H and O–H groups in total. The van der Waals surface area contributed by atoms with E-state index < -0.39 is 16.1 Å². The summed E-state index contributed by atoms with van der Waals surface area (Å²) in [5.41, 5.74) is 5.13. The number of pyridine rings is 1. The molecule has 1 aliphatic rings. The summed E-state index contributed by atoms with van der Waals surface area (Å²) >= 11 is 0. The van der Waals surface area contributed by atoms with Crippen LogP contribution in [-0.4, -0.2) is 22.8 Å². The smallest absolute Gasteiger partial charge is 0.243 e. The Morgan fingerprint density at radius 3 is 2.27 bits per heavy atom.